The van der Waals surface area contributed by atoms with E-state index in [1.54, 1.807) is 0 Å². The van der Waals surface area contributed by atoms with E-state index < -0.39 is 0 Å². The molecule has 1 aromatic rings. The van der Waals surface area contributed by atoms with Gasteiger partial charge < -0.3 is 10.1 Å². The normalized spacial score (nSPS) is 16.0. The Bertz CT molecular complexity index is 417. The lowest BCUT2D eigenvalue weighted by atomic mass is 10.2. The van der Waals surface area contributed by atoms with Crippen molar-refractivity contribution in [2.24, 2.45) is 0 Å². The van der Waals surface area contributed by atoms with E-state index in [4.69, 9.17) is 16.3 Å². The number of likely N-dealkylation sites (tertiary alicyclic amines) is 1. The number of hydrogen-bond donors (Lipinski definition) is 1. The Hall–Kier alpha value is -0.770. The van der Waals surface area contributed by atoms with Gasteiger partial charge in [-0.25, -0.2) is 0 Å². The zero-order chi connectivity index (χ0) is 14.4. The Morgan fingerprint density at radius 1 is 1.30 bits per heavy atom. The summed E-state index contributed by atoms with van der Waals surface area (Å²) >= 11 is 6.08. The van der Waals surface area contributed by atoms with Crippen LogP contribution in [0.5, 0.6) is 5.75 Å². The van der Waals surface area contributed by atoms with Crippen LogP contribution < -0.4 is 10.1 Å². The smallest absolute Gasteiger partial charge is 0.123 e. The highest BCUT2D eigenvalue weighted by Crippen LogP contribution is 2.23. The summed E-state index contributed by atoms with van der Waals surface area (Å²) in [5, 5.41) is 4.17. The Morgan fingerprint density at radius 2 is 2.05 bits per heavy atom. The van der Waals surface area contributed by atoms with Gasteiger partial charge in [0.1, 0.15) is 12.4 Å². The average molecular weight is 297 g/mol. The third-order valence-corrected chi connectivity index (χ3v) is 3.82. The van der Waals surface area contributed by atoms with Crippen molar-refractivity contribution < 1.29 is 4.74 Å². The molecule has 1 heterocycles. The highest BCUT2D eigenvalue weighted by Gasteiger charge is 2.11. The number of benzene rings is 1. The van der Waals surface area contributed by atoms with E-state index in [-0.39, 0.29) is 0 Å². The summed E-state index contributed by atoms with van der Waals surface area (Å²) < 4.78 is 5.95. The fourth-order valence-corrected chi connectivity index (χ4v) is 2.63. The van der Waals surface area contributed by atoms with Gasteiger partial charge in [-0.2, -0.15) is 0 Å². The molecule has 0 atom stereocenters. The van der Waals surface area contributed by atoms with Crippen LogP contribution in [-0.4, -0.2) is 37.2 Å². The van der Waals surface area contributed by atoms with Crippen molar-refractivity contribution in [3.8, 4) is 5.75 Å². The van der Waals surface area contributed by atoms with Gasteiger partial charge in [0.25, 0.3) is 0 Å². The monoisotopic (exact) mass is 296 g/mol. The zero-order valence-corrected chi connectivity index (χ0v) is 13.2. The van der Waals surface area contributed by atoms with E-state index in [0.29, 0.717) is 6.04 Å². The van der Waals surface area contributed by atoms with E-state index >= 15 is 0 Å². The predicted molar refractivity (Wildman–Crippen MR) is 84.6 cm³/mol. The van der Waals surface area contributed by atoms with Crippen LogP contribution in [0.1, 0.15) is 32.3 Å². The van der Waals surface area contributed by atoms with Crippen LogP contribution in [0.4, 0.5) is 0 Å². The number of rotatable bonds is 7. The minimum Gasteiger partial charge on any atom is -0.492 e. The highest BCUT2D eigenvalue weighted by molar-refractivity contribution is 6.30. The number of hydrogen-bond acceptors (Lipinski definition) is 3. The average Bonchev–Trinajstić information content (AvgIpc) is 2.91. The molecule has 3 nitrogen and oxygen atoms in total. The topological polar surface area (TPSA) is 24.5 Å². The second-order valence-corrected chi connectivity index (χ2v) is 6.12. The zero-order valence-electron chi connectivity index (χ0n) is 12.5. The third-order valence-electron chi connectivity index (χ3n) is 3.59. The molecule has 1 N–H and O–H groups in total. The molecule has 0 aliphatic carbocycles. The van der Waals surface area contributed by atoms with Crippen molar-refractivity contribution in [1.82, 2.24) is 10.2 Å². The molecule has 112 valence electrons. The molecule has 1 aliphatic heterocycles. The number of ether oxygens (including phenoxy) is 1. The molecule has 0 aromatic heterocycles. The summed E-state index contributed by atoms with van der Waals surface area (Å²) in [6.45, 7) is 9.25. The molecule has 2 rings (SSSR count). The summed E-state index contributed by atoms with van der Waals surface area (Å²) in [5.74, 6) is 0.946. The molecule has 1 aromatic carbocycles. The van der Waals surface area contributed by atoms with Crippen molar-refractivity contribution >= 4 is 11.6 Å². The van der Waals surface area contributed by atoms with Gasteiger partial charge in [0, 0.05) is 29.7 Å². The third kappa shape index (κ3) is 4.97. The van der Waals surface area contributed by atoms with Gasteiger partial charge in [0.15, 0.2) is 0 Å². The summed E-state index contributed by atoms with van der Waals surface area (Å²) in [6, 6.07) is 6.31. The van der Waals surface area contributed by atoms with E-state index in [1.165, 1.54) is 25.9 Å². The maximum absolute atomic E-state index is 6.08. The predicted octanol–water partition coefficient (Wildman–Crippen LogP) is 3.31. The summed E-state index contributed by atoms with van der Waals surface area (Å²) in [7, 11) is 0. The quantitative estimate of drug-likeness (QED) is 0.835. The lowest BCUT2D eigenvalue weighted by Crippen LogP contribution is -2.26. The van der Waals surface area contributed by atoms with Crippen molar-refractivity contribution in [2.45, 2.75) is 39.3 Å². The van der Waals surface area contributed by atoms with E-state index in [1.807, 2.05) is 18.2 Å². The van der Waals surface area contributed by atoms with Gasteiger partial charge in [-0.1, -0.05) is 25.4 Å². The molecule has 4 heteroatoms. The largest absolute Gasteiger partial charge is 0.492 e. The molecule has 1 saturated heterocycles. The SMILES string of the molecule is CC(C)NCc1cc(Cl)ccc1OCCN1CCCC1. The number of halogens is 1. The molecular formula is C16H25ClN2O. The van der Waals surface area contributed by atoms with Crippen LogP contribution in [0.2, 0.25) is 5.02 Å². The van der Waals surface area contributed by atoms with Crippen LogP contribution in [0.25, 0.3) is 0 Å². The Balaban J connectivity index is 1.88. The summed E-state index contributed by atoms with van der Waals surface area (Å²) in [4.78, 5) is 2.46. The van der Waals surface area contributed by atoms with Crippen LogP contribution in [0.3, 0.4) is 0 Å². The molecule has 0 amide bonds. The second kappa shape index (κ2) is 7.87. The molecule has 0 spiro atoms. The Labute approximate surface area is 127 Å². The first-order chi connectivity index (χ1) is 9.65. The minimum atomic E-state index is 0.450. The minimum absolute atomic E-state index is 0.450. The van der Waals surface area contributed by atoms with Gasteiger partial charge in [0.05, 0.1) is 0 Å². The summed E-state index contributed by atoms with van der Waals surface area (Å²) in [6.07, 6.45) is 2.65. The Morgan fingerprint density at radius 3 is 2.75 bits per heavy atom. The van der Waals surface area contributed by atoms with Gasteiger partial charge in [-0.05, 0) is 44.1 Å². The summed E-state index contributed by atoms with van der Waals surface area (Å²) in [5.41, 5.74) is 1.13. The fraction of sp³-hybridized carbons (Fsp3) is 0.625. The molecule has 0 saturated carbocycles. The lowest BCUT2D eigenvalue weighted by Gasteiger charge is -2.17. The molecule has 0 unspecified atom stereocenters. The van der Waals surface area contributed by atoms with E-state index in [9.17, 15) is 0 Å². The maximum atomic E-state index is 6.08. The van der Waals surface area contributed by atoms with Crippen molar-refractivity contribution in [2.75, 3.05) is 26.2 Å². The first-order valence-electron chi connectivity index (χ1n) is 7.52. The lowest BCUT2D eigenvalue weighted by molar-refractivity contribution is 0.236. The second-order valence-electron chi connectivity index (χ2n) is 5.68. The van der Waals surface area contributed by atoms with Crippen molar-refractivity contribution in [3.05, 3.63) is 28.8 Å². The molecule has 1 fully saturated rings. The van der Waals surface area contributed by atoms with Crippen LogP contribution in [0.15, 0.2) is 18.2 Å². The fourth-order valence-electron chi connectivity index (χ4n) is 2.43. The van der Waals surface area contributed by atoms with Gasteiger partial charge >= 0.3 is 0 Å². The van der Waals surface area contributed by atoms with Crippen molar-refractivity contribution in [1.29, 1.82) is 0 Å². The van der Waals surface area contributed by atoms with Gasteiger partial charge in [-0.15, -0.1) is 0 Å². The highest BCUT2D eigenvalue weighted by atomic mass is 35.5. The van der Waals surface area contributed by atoms with E-state index in [2.05, 4.69) is 24.1 Å². The molecule has 0 bridgehead atoms. The molecule has 0 radical (unpaired) electrons. The first-order valence-corrected chi connectivity index (χ1v) is 7.90. The molecular weight excluding hydrogens is 272 g/mol. The van der Waals surface area contributed by atoms with Crippen LogP contribution >= 0.6 is 11.6 Å². The molecule has 1 aliphatic rings. The van der Waals surface area contributed by atoms with Crippen LogP contribution in [0, 0.1) is 0 Å². The number of nitrogens with one attached hydrogen (secondary N) is 1. The van der Waals surface area contributed by atoms with Crippen LogP contribution in [-0.2, 0) is 6.54 Å². The first kappa shape index (κ1) is 15.6. The van der Waals surface area contributed by atoms with Crippen molar-refractivity contribution in [3.63, 3.8) is 0 Å². The van der Waals surface area contributed by atoms with Gasteiger partial charge in [-0.3, -0.25) is 4.90 Å². The number of nitrogens with zero attached hydrogens (tertiary/aromatic N) is 1. The standard InChI is InChI=1S/C16H25ClN2O/c1-13(2)18-12-14-11-15(17)5-6-16(14)20-10-9-19-7-3-4-8-19/h5-6,11,13,18H,3-4,7-10,12H2,1-2H3. The maximum Gasteiger partial charge on any atom is 0.123 e. The molecule has 20 heavy (non-hydrogen) atoms. The Kier molecular flexibility index (Phi) is 6.14. The van der Waals surface area contributed by atoms with Gasteiger partial charge in [0.2, 0.25) is 0 Å². The van der Waals surface area contributed by atoms with E-state index in [0.717, 1.165) is 36.0 Å².